The van der Waals surface area contributed by atoms with Crippen molar-refractivity contribution < 1.29 is 14.6 Å². The van der Waals surface area contributed by atoms with Gasteiger partial charge in [0.15, 0.2) is 0 Å². The van der Waals surface area contributed by atoms with Gasteiger partial charge in [-0.25, -0.2) is 0 Å². The van der Waals surface area contributed by atoms with E-state index in [9.17, 15) is 15.2 Å². The SMILES string of the molecule is CN(Cc1nc(-c2ccc([N+](=O)[O-])cc2)no1)CC1CCCC1O. The molecule has 1 aromatic carbocycles. The highest BCUT2D eigenvalue weighted by atomic mass is 16.6. The summed E-state index contributed by atoms with van der Waals surface area (Å²) in [5.41, 5.74) is 0.696. The Bertz CT molecular complexity index is 700. The van der Waals surface area contributed by atoms with E-state index in [0.717, 1.165) is 25.8 Å². The number of aliphatic hydroxyl groups excluding tert-OH is 1. The van der Waals surface area contributed by atoms with Gasteiger partial charge in [-0.05, 0) is 37.9 Å². The molecular formula is C16H20N4O4. The second kappa shape index (κ2) is 7.06. The first-order valence-electron chi connectivity index (χ1n) is 7.97. The van der Waals surface area contributed by atoms with E-state index in [-0.39, 0.29) is 11.8 Å². The van der Waals surface area contributed by atoms with Crippen molar-refractivity contribution in [2.75, 3.05) is 13.6 Å². The fourth-order valence-electron chi connectivity index (χ4n) is 3.09. The molecule has 0 bridgehead atoms. The van der Waals surface area contributed by atoms with Gasteiger partial charge in [-0.3, -0.25) is 15.0 Å². The van der Waals surface area contributed by atoms with Gasteiger partial charge in [0.05, 0.1) is 17.6 Å². The quantitative estimate of drug-likeness (QED) is 0.638. The third-order valence-corrected chi connectivity index (χ3v) is 4.37. The zero-order valence-corrected chi connectivity index (χ0v) is 13.5. The predicted molar refractivity (Wildman–Crippen MR) is 86.1 cm³/mol. The van der Waals surface area contributed by atoms with Gasteiger partial charge in [0.1, 0.15) is 0 Å². The van der Waals surface area contributed by atoms with E-state index in [1.807, 2.05) is 7.05 Å². The first-order chi connectivity index (χ1) is 11.5. The summed E-state index contributed by atoms with van der Waals surface area (Å²) in [4.78, 5) is 16.6. The molecule has 2 unspecified atom stereocenters. The summed E-state index contributed by atoms with van der Waals surface area (Å²) in [6.07, 6.45) is 2.78. The second-order valence-corrected chi connectivity index (χ2v) is 6.27. The summed E-state index contributed by atoms with van der Waals surface area (Å²) in [7, 11) is 1.96. The largest absolute Gasteiger partial charge is 0.393 e. The van der Waals surface area contributed by atoms with Crippen molar-refractivity contribution in [1.29, 1.82) is 0 Å². The molecule has 1 aromatic heterocycles. The maximum absolute atomic E-state index is 10.7. The highest BCUT2D eigenvalue weighted by Crippen LogP contribution is 2.26. The second-order valence-electron chi connectivity index (χ2n) is 6.27. The maximum atomic E-state index is 10.7. The van der Waals surface area contributed by atoms with Crippen LogP contribution in [0.1, 0.15) is 25.2 Å². The molecule has 1 aliphatic rings. The van der Waals surface area contributed by atoms with Crippen LogP contribution in [-0.4, -0.2) is 44.8 Å². The van der Waals surface area contributed by atoms with Crippen molar-refractivity contribution in [2.24, 2.45) is 5.92 Å². The van der Waals surface area contributed by atoms with Gasteiger partial charge in [0.2, 0.25) is 11.7 Å². The van der Waals surface area contributed by atoms with Crippen LogP contribution in [0.4, 0.5) is 5.69 Å². The van der Waals surface area contributed by atoms with Crippen LogP contribution in [0.25, 0.3) is 11.4 Å². The lowest BCUT2D eigenvalue weighted by atomic mass is 10.1. The van der Waals surface area contributed by atoms with Gasteiger partial charge in [-0.2, -0.15) is 4.98 Å². The first kappa shape index (κ1) is 16.5. The van der Waals surface area contributed by atoms with Crippen LogP contribution in [-0.2, 0) is 6.54 Å². The van der Waals surface area contributed by atoms with E-state index < -0.39 is 4.92 Å². The third kappa shape index (κ3) is 3.77. The van der Waals surface area contributed by atoms with Gasteiger partial charge in [-0.15, -0.1) is 0 Å². The van der Waals surface area contributed by atoms with Crippen LogP contribution in [0.3, 0.4) is 0 Å². The van der Waals surface area contributed by atoms with Gasteiger partial charge in [0.25, 0.3) is 5.69 Å². The zero-order chi connectivity index (χ0) is 17.1. The average Bonchev–Trinajstić information content (AvgIpc) is 3.17. The smallest absolute Gasteiger partial charge is 0.269 e. The standard InChI is InChI=1S/C16H20N4O4/c1-19(9-12-3-2-4-14(12)21)10-15-17-16(18-24-15)11-5-7-13(8-6-11)20(22)23/h5-8,12,14,21H,2-4,9-10H2,1H3. The summed E-state index contributed by atoms with van der Waals surface area (Å²) in [5.74, 6) is 1.19. The van der Waals surface area contributed by atoms with Crippen LogP contribution in [0.2, 0.25) is 0 Å². The maximum Gasteiger partial charge on any atom is 0.269 e. The number of nitrogens with zero attached hydrogens (tertiary/aromatic N) is 4. The van der Waals surface area contributed by atoms with Crippen LogP contribution in [0.15, 0.2) is 28.8 Å². The van der Waals surface area contributed by atoms with Gasteiger partial charge in [0, 0.05) is 24.2 Å². The molecular weight excluding hydrogens is 312 g/mol. The summed E-state index contributed by atoms with van der Waals surface area (Å²) in [5, 5.41) is 24.5. The fraction of sp³-hybridized carbons (Fsp3) is 0.500. The van der Waals surface area contributed by atoms with E-state index in [4.69, 9.17) is 4.52 Å². The van der Waals surface area contributed by atoms with Crippen LogP contribution in [0.5, 0.6) is 0 Å². The summed E-state index contributed by atoms with van der Waals surface area (Å²) >= 11 is 0. The molecule has 1 N–H and O–H groups in total. The Labute approximate surface area is 139 Å². The monoisotopic (exact) mass is 332 g/mol. The molecule has 2 atom stereocenters. The number of aromatic nitrogens is 2. The number of nitro benzene ring substituents is 1. The summed E-state index contributed by atoms with van der Waals surface area (Å²) in [6.45, 7) is 1.29. The topological polar surface area (TPSA) is 106 Å². The molecule has 2 aromatic rings. The number of hydrogen-bond donors (Lipinski definition) is 1. The minimum Gasteiger partial charge on any atom is -0.393 e. The molecule has 1 fully saturated rings. The molecule has 0 radical (unpaired) electrons. The molecule has 8 heteroatoms. The van der Waals surface area contributed by atoms with E-state index in [0.29, 0.717) is 29.7 Å². The molecule has 1 heterocycles. The minimum absolute atomic E-state index is 0.0253. The Morgan fingerprint density at radius 3 is 2.75 bits per heavy atom. The fourth-order valence-corrected chi connectivity index (χ4v) is 3.09. The van der Waals surface area contributed by atoms with E-state index in [1.165, 1.54) is 12.1 Å². The van der Waals surface area contributed by atoms with E-state index in [2.05, 4.69) is 15.0 Å². The molecule has 1 saturated carbocycles. The van der Waals surface area contributed by atoms with Crippen molar-refractivity contribution in [1.82, 2.24) is 15.0 Å². The van der Waals surface area contributed by atoms with Crippen LogP contribution in [0, 0.1) is 16.0 Å². The molecule has 0 saturated heterocycles. The van der Waals surface area contributed by atoms with Crippen molar-refractivity contribution in [3.63, 3.8) is 0 Å². The Hall–Kier alpha value is -2.32. The van der Waals surface area contributed by atoms with E-state index in [1.54, 1.807) is 12.1 Å². The number of hydrogen-bond acceptors (Lipinski definition) is 7. The summed E-state index contributed by atoms with van der Waals surface area (Å²) < 4.78 is 5.26. The number of non-ortho nitro benzene ring substituents is 1. The minimum atomic E-state index is -0.447. The van der Waals surface area contributed by atoms with Crippen molar-refractivity contribution >= 4 is 5.69 Å². The third-order valence-electron chi connectivity index (χ3n) is 4.37. The molecule has 1 aliphatic carbocycles. The highest BCUT2D eigenvalue weighted by Gasteiger charge is 2.26. The Balaban J connectivity index is 1.61. The van der Waals surface area contributed by atoms with Gasteiger partial charge in [-0.1, -0.05) is 11.6 Å². The number of nitro groups is 1. The molecule has 8 nitrogen and oxygen atoms in total. The molecule has 0 aliphatic heterocycles. The molecule has 0 spiro atoms. The summed E-state index contributed by atoms with van der Waals surface area (Å²) in [6, 6.07) is 6.04. The van der Waals surface area contributed by atoms with Gasteiger partial charge >= 0.3 is 0 Å². The number of aliphatic hydroxyl groups is 1. The Morgan fingerprint density at radius 2 is 2.12 bits per heavy atom. The lowest BCUT2D eigenvalue weighted by Gasteiger charge is -2.21. The Kier molecular flexibility index (Phi) is 4.86. The molecule has 128 valence electrons. The van der Waals surface area contributed by atoms with Gasteiger partial charge < -0.3 is 9.63 Å². The lowest BCUT2D eigenvalue weighted by molar-refractivity contribution is -0.384. The highest BCUT2D eigenvalue weighted by molar-refractivity contribution is 5.56. The van der Waals surface area contributed by atoms with E-state index >= 15 is 0 Å². The molecule has 3 rings (SSSR count). The molecule has 0 amide bonds. The normalized spacial score (nSPS) is 20.6. The van der Waals surface area contributed by atoms with Crippen LogP contribution < -0.4 is 0 Å². The first-order valence-corrected chi connectivity index (χ1v) is 7.97. The zero-order valence-electron chi connectivity index (χ0n) is 13.5. The van der Waals surface area contributed by atoms with Crippen LogP contribution >= 0.6 is 0 Å². The average molecular weight is 332 g/mol. The van der Waals surface area contributed by atoms with Crippen molar-refractivity contribution in [3.05, 3.63) is 40.3 Å². The van der Waals surface area contributed by atoms with Crippen molar-refractivity contribution in [2.45, 2.75) is 31.9 Å². The number of rotatable bonds is 6. The lowest BCUT2D eigenvalue weighted by Crippen LogP contribution is -2.29. The predicted octanol–water partition coefficient (Wildman–Crippen LogP) is 2.24. The Morgan fingerprint density at radius 1 is 1.38 bits per heavy atom. The molecule has 24 heavy (non-hydrogen) atoms. The van der Waals surface area contributed by atoms with Crippen molar-refractivity contribution in [3.8, 4) is 11.4 Å². The number of benzene rings is 1.